The standard InChI is InChI=1S/C4HClF3NS.CH3NO2/c5-3-9-2(1-10-3)4(6,7)8;2-1(3)4/h1H;2H2,(H,3,4). The van der Waals surface area contributed by atoms with Crippen molar-refractivity contribution in [2.75, 3.05) is 0 Å². The second-order valence-corrected chi connectivity index (χ2v) is 3.26. The number of aromatic nitrogens is 1. The van der Waals surface area contributed by atoms with Gasteiger partial charge in [0.2, 0.25) is 0 Å². The molecule has 0 saturated carbocycles. The van der Waals surface area contributed by atoms with Crippen LogP contribution >= 0.6 is 22.9 Å². The average molecular weight is 249 g/mol. The van der Waals surface area contributed by atoms with Gasteiger partial charge in [0.1, 0.15) is 0 Å². The lowest BCUT2D eigenvalue weighted by molar-refractivity contribution is -0.140. The van der Waals surface area contributed by atoms with Crippen LogP contribution in [0.5, 0.6) is 0 Å². The number of alkyl halides is 3. The van der Waals surface area contributed by atoms with E-state index < -0.39 is 18.0 Å². The Morgan fingerprint density at radius 2 is 2.07 bits per heavy atom. The zero-order valence-electron chi connectivity index (χ0n) is 6.38. The first-order chi connectivity index (χ1) is 6.23. The predicted octanol–water partition coefficient (Wildman–Crippen LogP) is 2.44. The SMILES string of the molecule is FC(F)(F)c1csc(Cl)n1.NC(=O)O. The van der Waals surface area contributed by atoms with Crippen LogP contribution in [0.15, 0.2) is 5.38 Å². The second kappa shape index (κ2) is 5.01. The second-order valence-electron chi connectivity index (χ2n) is 1.82. The van der Waals surface area contributed by atoms with Crippen molar-refractivity contribution in [3.63, 3.8) is 0 Å². The molecule has 0 aliphatic rings. The fourth-order valence-electron chi connectivity index (χ4n) is 0.382. The van der Waals surface area contributed by atoms with Gasteiger partial charge in [0, 0.05) is 5.38 Å². The van der Waals surface area contributed by atoms with Crippen molar-refractivity contribution in [2.45, 2.75) is 6.18 Å². The van der Waals surface area contributed by atoms with E-state index in [4.69, 9.17) is 21.5 Å². The highest BCUT2D eigenvalue weighted by Gasteiger charge is 2.33. The molecule has 9 heteroatoms. The molecule has 14 heavy (non-hydrogen) atoms. The number of primary amides is 1. The van der Waals surface area contributed by atoms with Crippen molar-refractivity contribution >= 4 is 29.0 Å². The van der Waals surface area contributed by atoms with Crippen molar-refractivity contribution in [1.29, 1.82) is 0 Å². The third-order valence-electron chi connectivity index (χ3n) is 0.767. The molecule has 0 radical (unpaired) electrons. The summed E-state index contributed by atoms with van der Waals surface area (Å²) in [6.07, 6.45) is -5.70. The normalized spacial score (nSPS) is 10.3. The van der Waals surface area contributed by atoms with Crippen LogP contribution in [0, 0.1) is 0 Å². The van der Waals surface area contributed by atoms with E-state index in [9.17, 15) is 13.2 Å². The van der Waals surface area contributed by atoms with E-state index in [1.807, 2.05) is 0 Å². The van der Waals surface area contributed by atoms with Crippen molar-refractivity contribution < 1.29 is 23.1 Å². The summed E-state index contributed by atoms with van der Waals surface area (Å²) >= 11 is 5.94. The number of carboxylic acid groups (broad SMARTS) is 1. The van der Waals surface area contributed by atoms with Crippen LogP contribution in [0.3, 0.4) is 0 Å². The van der Waals surface area contributed by atoms with E-state index in [0.29, 0.717) is 0 Å². The van der Waals surface area contributed by atoms with Crippen molar-refractivity contribution in [3.8, 4) is 0 Å². The zero-order valence-corrected chi connectivity index (χ0v) is 7.95. The first-order valence-corrected chi connectivity index (χ1v) is 4.16. The number of amides is 1. The lowest BCUT2D eigenvalue weighted by Gasteiger charge is -1.98. The number of nitrogens with zero attached hydrogens (tertiary/aromatic N) is 1. The molecule has 0 bridgehead atoms. The number of nitrogens with two attached hydrogens (primary N) is 1. The Labute approximate surface area is 85.1 Å². The third kappa shape index (κ3) is 5.60. The third-order valence-corrected chi connectivity index (χ3v) is 1.75. The summed E-state index contributed by atoms with van der Waals surface area (Å²) in [7, 11) is 0. The fraction of sp³-hybridized carbons (Fsp3) is 0.200. The monoisotopic (exact) mass is 248 g/mol. The molecular formula is C5H4ClF3N2O2S. The minimum atomic E-state index is -4.37. The molecule has 0 spiro atoms. The fourth-order valence-corrected chi connectivity index (χ4v) is 1.15. The Hall–Kier alpha value is -1.02. The minimum Gasteiger partial charge on any atom is -0.465 e. The van der Waals surface area contributed by atoms with Crippen LogP contribution in [0.25, 0.3) is 0 Å². The maximum Gasteiger partial charge on any atom is 0.434 e. The van der Waals surface area contributed by atoms with E-state index in [1.54, 1.807) is 0 Å². The average Bonchev–Trinajstić information content (AvgIpc) is 2.32. The van der Waals surface area contributed by atoms with Crippen molar-refractivity contribution in [3.05, 3.63) is 15.5 Å². The maximum atomic E-state index is 11.7. The molecule has 0 unspecified atom stereocenters. The summed E-state index contributed by atoms with van der Waals surface area (Å²) in [6, 6.07) is 0. The predicted molar refractivity (Wildman–Crippen MR) is 44.3 cm³/mol. The molecule has 4 nitrogen and oxygen atoms in total. The smallest absolute Gasteiger partial charge is 0.434 e. The van der Waals surface area contributed by atoms with Crippen LogP contribution < -0.4 is 5.73 Å². The van der Waals surface area contributed by atoms with Crippen LogP contribution in [-0.2, 0) is 6.18 Å². The number of hydrogen-bond acceptors (Lipinski definition) is 3. The van der Waals surface area contributed by atoms with Gasteiger partial charge < -0.3 is 10.8 Å². The van der Waals surface area contributed by atoms with Gasteiger partial charge >= 0.3 is 12.3 Å². The first kappa shape index (κ1) is 13.0. The molecule has 0 aliphatic carbocycles. The summed E-state index contributed by atoms with van der Waals surface area (Å²) in [5.41, 5.74) is 3.10. The van der Waals surface area contributed by atoms with Crippen LogP contribution in [-0.4, -0.2) is 16.2 Å². The van der Waals surface area contributed by atoms with Crippen LogP contribution in [0.4, 0.5) is 18.0 Å². The van der Waals surface area contributed by atoms with Crippen LogP contribution in [0.1, 0.15) is 5.69 Å². The molecule has 0 aromatic carbocycles. The van der Waals surface area contributed by atoms with Crippen molar-refractivity contribution in [1.82, 2.24) is 4.98 Å². The molecule has 80 valence electrons. The quantitative estimate of drug-likeness (QED) is 0.740. The highest BCUT2D eigenvalue weighted by atomic mass is 35.5. The van der Waals surface area contributed by atoms with E-state index >= 15 is 0 Å². The van der Waals surface area contributed by atoms with Gasteiger partial charge in [-0.3, -0.25) is 0 Å². The summed E-state index contributed by atoms with van der Waals surface area (Å²) in [6.45, 7) is 0. The van der Waals surface area contributed by atoms with Gasteiger partial charge in [0.15, 0.2) is 10.2 Å². The Morgan fingerprint density at radius 1 is 1.64 bits per heavy atom. The first-order valence-electron chi connectivity index (χ1n) is 2.90. The molecule has 0 atom stereocenters. The van der Waals surface area contributed by atoms with E-state index in [1.165, 1.54) is 0 Å². The molecule has 3 N–H and O–H groups in total. The zero-order chi connectivity index (χ0) is 11.4. The number of thiazole rings is 1. The van der Waals surface area contributed by atoms with E-state index in [-0.39, 0.29) is 4.47 Å². The number of halogens is 4. The maximum absolute atomic E-state index is 11.7. The summed E-state index contributed by atoms with van der Waals surface area (Å²) in [5.74, 6) is 0. The largest absolute Gasteiger partial charge is 0.465 e. The van der Waals surface area contributed by atoms with Gasteiger partial charge in [0.25, 0.3) is 0 Å². The minimum absolute atomic E-state index is 0.0904. The Morgan fingerprint density at radius 3 is 2.21 bits per heavy atom. The molecule has 1 rings (SSSR count). The molecule has 1 aromatic heterocycles. The molecule has 1 aromatic rings. The van der Waals surface area contributed by atoms with Crippen LogP contribution in [0.2, 0.25) is 4.47 Å². The van der Waals surface area contributed by atoms with Crippen molar-refractivity contribution in [2.24, 2.45) is 5.73 Å². The van der Waals surface area contributed by atoms with E-state index in [0.717, 1.165) is 16.7 Å². The highest BCUT2D eigenvalue weighted by Crippen LogP contribution is 2.31. The van der Waals surface area contributed by atoms with Gasteiger partial charge in [-0.15, -0.1) is 11.3 Å². The summed E-state index contributed by atoms with van der Waals surface area (Å²) < 4.78 is 35.0. The van der Waals surface area contributed by atoms with E-state index in [2.05, 4.69) is 10.7 Å². The molecule has 1 amide bonds. The van der Waals surface area contributed by atoms with Gasteiger partial charge in [-0.1, -0.05) is 11.6 Å². The lowest BCUT2D eigenvalue weighted by atomic mass is 10.5. The number of carbonyl (C=O) groups is 1. The van der Waals surface area contributed by atoms with Gasteiger partial charge in [-0.25, -0.2) is 9.78 Å². The summed E-state index contributed by atoms with van der Waals surface area (Å²) in [4.78, 5) is 11.8. The van der Waals surface area contributed by atoms with Gasteiger partial charge in [-0.05, 0) is 0 Å². The molecule has 1 heterocycles. The Kier molecular flexibility index (Phi) is 4.64. The number of rotatable bonds is 0. The summed E-state index contributed by atoms with van der Waals surface area (Å²) in [5, 5.41) is 8.07. The number of hydrogen-bond donors (Lipinski definition) is 2. The molecular weight excluding hydrogens is 245 g/mol. The van der Waals surface area contributed by atoms with Gasteiger partial charge in [0.05, 0.1) is 0 Å². The lowest BCUT2D eigenvalue weighted by Crippen LogP contribution is -2.04. The molecule has 0 aliphatic heterocycles. The molecule has 0 fully saturated rings. The Balaban J connectivity index is 0.000000364. The Bertz CT molecular complexity index is 310. The van der Waals surface area contributed by atoms with Gasteiger partial charge in [-0.2, -0.15) is 13.2 Å². The molecule has 0 saturated heterocycles. The highest BCUT2D eigenvalue weighted by molar-refractivity contribution is 7.13. The topological polar surface area (TPSA) is 76.2 Å².